The van der Waals surface area contributed by atoms with Crippen LogP contribution in [-0.2, 0) is 9.53 Å². The van der Waals surface area contributed by atoms with Gasteiger partial charge >= 0.3 is 0 Å². The Bertz CT molecular complexity index is 239. The van der Waals surface area contributed by atoms with Crippen LogP contribution < -0.4 is 0 Å². The number of carbonyl (C=O) groups is 1. The van der Waals surface area contributed by atoms with Gasteiger partial charge in [-0.3, -0.25) is 4.79 Å². The lowest BCUT2D eigenvalue weighted by Gasteiger charge is -2.00. The molecule has 0 rings (SSSR count). The minimum absolute atomic E-state index is 0.504. The van der Waals surface area contributed by atoms with Gasteiger partial charge in [-0.2, -0.15) is 0 Å². The Hall–Kier alpha value is -0.830. The van der Waals surface area contributed by atoms with E-state index in [2.05, 4.69) is 22.5 Å². The lowest BCUT2D eigenvalue weighted by molar-refractivity contribution is -0.104. The number of hydrogen-bond donors (Lipinski definition) is 0. The number of halogens is 1. The van der Waals surface area contributed by atoms with Crippen molar-refractivity contribution in [1.82, 2.24) is 0 Å². The number of hydrogen-bond acceptors (Lipinski definition) is 2. The maximum atomic E-state index is 10.5. The smallest absolute Gasteiger partial charge is 0.153 e. The summed E-state index contributed by atoms with van der Waals surface area (Å²) in [6, 6.07) is 0. The molecule has 0 heterocycles. The molecule has 12 heavy (non-hydrogen) atoms. The van der Waals surface area contributed by atoms with E-state index in [1.165, 1.54) is 7.11 Å². The van der Waals surface area contributed by atoms with Crippen LogP contribution in [0.15, 0.2) is 34.5 Å². The second-order valence-corrected chi connectivity index (χ2v) is 2.98. The molecule has 66 valence electrons. The molecule has 0 aliphatic heterocycles. The van der Waals surface area contributed by atoms with E-state index in [4.69, 9.17) is 4.74 Å². The fourth-order valence-corrected chi connectivity index (χ4v) is 0.791. The molecular formula is C9H11BrO2. The second-order valence-electron chi connectivity index (χ2n) is 2.07. The number of carbonyl (C=O) groups excluding carboxylic acids is 1. The van der Waals surface area contributed by atoms with E-state index in [9.17, 15) is 4.79 Å². The second kappa shape index (κ2) is 5.77. The molecule has 0 N–H and O–H groups in total. The number of ether oxygens (including phenoxy) is 1. The maximum Gasteiger partial charge on any atom is 0.153 e. The Morgan fingerprint density at radius 3 is 2.50 bits per heavy atom. The van der Waals surface area contributed by atoms with E-state index >= 15 is 0 Å². The highest BCUT2D eigenvalue weighted by atomic mass is 79.9. The fourth-order valence-electron chi connectivity index (χ4n) is 0.544. The predicted molar refractivity (Wildman–Crippen MR) is 53.0 cm³/mol. The Balaban J connectivity index is 4.81. The molecule has 0 radical (unpaired) electrons. The van der Waals surface area contributed by atoms with Crippen LogP contribution in [0.1, 0.15) is 6.92 Å². The van der Waals surface area contributed by atoms with Crippen LogP contribution in [-0.4, -0.2) is 13.4 Å². The minimum atomic E-state index is 0.504. The Morgan fingerprint density at radius 2 is 2.17 bits per heavy atom. The summed E-state index contributed by atoms with van der Waals surface area (Å²) in [5, 5.41) is 0. The van der Waals surface area contributed by atoms with Gasteiger partial charge < -0.3 is 4.74 Å². The first-order valence-electron chi connectivity index (χ1n) is 3.35. The minimum Gasteiger partial charge on any atom is -0.501 e. The monoisotopic (exact) mass is 230 g/mol. The molecule has 0 saturated heterocycles. The Labute approximate surface area is 80.7 Å². The van der Waals surface area contributed by atoms with Crippen molar-refractivity contribution in [3.8, 4) is 0 Å². The zero-order valence-corrected chi connectivity index (χ0v) is 8.72. The van der Waals surface area contributed by atoms with Gasteiger partial charge in [-0.1, -0.05) is 28.6 Å². The molecule has 0 aromatic carbocycles. The van der Waals surface area contributed by atoms with Crippen molar-refractivity contribution in [2.75, 3.05) is 7.11 Å². The van der Waals surface area contributed by atoms with Crippen LogP contribution in [0.2, 0.25) is 0 Å². The Morgan fingerprint density at radius 1 is 1.58 bits per heavy atom. The molecule has 0 unspecified atom stereocenters. The summed E-state index contributed by atoms with van der Waals surface area (Å²) in [6.07, 6.45) is 3.99. The largest absolute Gasteiger partial charge is 0.501 e. The van der Waals surface area contributed by atoms with Crippen LogP contribution in [0.3, 0.4) is 0 Å². The fraction of sp³-hybridized carbons (Fsp3) is 0.222. The Kier molecular flexibility index (Phi) is 5.37. The molecule has 0 bridgehead atoms. The SMILES string of the molecule is C=C/C(Br)=C\C(C=O)=C(/C)OC. The van der Waals surface area contributed by atoms with Gasteiger partial charge in [0, 0.05) is 4.48 Å². The number of rotatable bonds is 4. The van der Waals surface area contributed by atoms with Crippen molar-refractivity contribution in [3.63, 3.8) is 0 Å². The third-order valence-electron chi connectivity index (χ3n) is 1.33. The van der Waals surface area contributed by atoms with Gasteiger partial charge in [0.05, 0.1) is 12.7 Å². The third kappa shape index (κ3) is 3.53. The highest BCUT2D eigenvalue weighted by Gasteiger charge is 1.97. The van der Waals surface area contributed by atoms with Crippen LogP contribution in [0.4, 0.5) is 0 Å². The molecule has 0 fully saturated rings. The first-order chi connectivity index (χ1) is 5.65. The van der Waals surface area contributed by atoms with Crippen molar-refractivity contribution in [1.29, 1.82) is 0 Å². The lowest BCUT2D eigenvalue weighted by Crippen LogP contribution is -1.89. The average Bonchev–Trinajstić information content (AvgIpc) is 2.12. The van der Waals surface area contributed by atoms with E-state index in [1.807, 2.05) is 0 Å². The standard InChI is InChI=1S/C9H11BrO2/c1-4-9(10)5-8(6-11)7(2)12-3/h4-6H,1H2,2-3H3/b8-7-,9-5+. The van der Waals surface area contributed by atoms with Gasteiger partial charge in [0.25, 0.3) is 0 Å². The number of aldehydes is 1. The van der Waals surface area contributed by atoms with Crippen molar-refractivity contribution in [3.05, 3.63) is 34.5 Å². The van der Waals surface area contributed by atoms with Gasteiger partial charge in [-0.25, -0.2) is 0 Å². The molecular weight excluding hydrogens is 220 g/mol. The van der Waals surface area contributed by atoms with Gasteiger partial charge in [-0.05, 0) is 13.0 Å². The molecule has 0 spiro atoms. The predicted octanol–water partition coefficient (Wildman–Crippen LogP) is 2.57. The van der Waals surface area contributed by atoms with Crippen molar-refractivity contribution in [2.45, 2.75) is 6.92 Å². The van der Waals surface area contributed by atoms with Crippen molar-refractivity contribution >= 4 is 22.2 Å². The van der Waals surface area contributed by atoms with E-state index < -0.39 is 0 Å². The molecule has 0 aliphatic rings. The van der Waals surface area contributed by atoms with Crippen LogP contribution in [0.5, 0.6) is 0 Å². The summed E-state index contributed by atoms with van der Waals surface area (Å²) >= 11 is 3.21. The normalized spacial score (nSPS) is 13.4. The molecule has 0 aromatic heterocycles. The molecule has 0 aliphatic carbocycles. The third-order valence-corrected chi connectivity index (χ3v) is 1.88. The van der Waals surface area contributed by atoms with Gasteiger partial charge in [0.1, 0.15) is 5.76 Å². The van der Waals surface area contributed by atoms with Crippen LogP contribution in [0, 0.1) is 0 Å². The van der Waals surface area contributed by atoms with E-state index in [0.29, 0.717) is 11.3 Å². The summed E-state index contributed by atoms with van der Waals surface area (Å²) in [6.45, 7) is 5.26. The van der Waals surface area contributed by atoms with Crippen molar-refractivity contribution in [2.24, 2.45) is 0 Å². The molecule has 0 aromatic rings. The zero-order chi connectivity index (χ0) is 9.56. The summed E-state index contributed by atoms with van der Waals surface area (Å²) < 4.78 is 5.65. The summed E-state index contributed by atoms with van der Waals surface area (Å²) in [4.78, 5) is 10.5. The highest BCUT2D eigenvalue weighted by Crippen LogP contribution is 2.12. The highest BCUT2D eigenvalue weighted by molar-refractivity contribution is 9.11. The van der Waals surface area contributed by atoms with Crippen LogP contribution in [0.25, 0.3) is 0 Å². The molecule has 0 atom stereocenters. The van der Waals surface area contributed by atoms with Crippen molar-refractivity contribution < 1.29 is 9.53 Å². The van der Waals surface area contributed by atoms with Crippen LogP contribution >= 0.6 is 15.9 Å². The van der Waals surface area contributed by atoms with E-state index in [-0.39, 0.29) is 0 Å². The summed E-state index contributed by atoms with van der Waals surface area (Å²) in [5.74, 6) is 0.587. The quantitative estimate of drug-likeness (QED) is 0.321. The first kappa shape index (κ1) is 11.2. The molecule has 0 saturated carbocycles. The van der Waals surface area contributed by atoms with E-state index in [0.717, 1.165) is 10.8 Å². The first-order valence-corrected chi connectivity index (χ1v) is 4.14. The average molecular weight is 231 g/mol. The van der Waals surface area contributed by atoms with Gasteiger partial charge in [0.2, 0.25) is 0 Å². The van der Waals surface area contributed by atoms with Gasteiger partial charge in [-0.15, -0.1) is 0 Å². The van der Waals surface area contributed by atoms with Gasteiger partial charge in [0.15, 0.2) is 6.29 Å². The summed E-state index contributed by atoms with van der Waals surface area (Å²) in [7, 11) is 1.52. The topological polar surface area (TPSA) is 26.3 Å². The number of methoxy groups -OCH3 is 1. The zero-order valence-electron chi connectivity index (χ0n) is 7.13. The number of allylic oxidation sites excluding steroid dienone is 5. The summed E-state index contributed by atoms with van der Waals surface area (Å²) in [5.41, 5.74) is 0.504. The maximum absolute atomic E-state index is 10.5. The molecule has 3 heteroatoms. The molecule has 0 amide bonds. The lowest BCUT2D eigenvalue weighted by atomic mass is 10.2. The molecule has 2 nitrogen and oxygen atoms in total. The van der Waals surface area contributed by atoms with E-state index in [1.54, 1.807) is 19.1 Å².